The lowest BCUT2D eigenvalue weighted by Crippen LogP contribution is -2.14. The maximum absolute atomic E-state index is 10.9. The summed E-state index contributed by atoms with van der Waals surface area (Å²) in [5, 5.41) is 4.80. The second-order valence-corrected chi connectivity index (χ2v) is 4.09. The number of sulfonamides is 1. The molecule has 0 fully saturated rings. The number of fused-ring (bicyclic) bond motifs is 1. The predicted molar refractivity (Wildman–Crippen MR) is 46.6 cm³/mol. The average Bonchev–Trinajstić information content (AvgIpc) is 2.47. The molecule has 2 aromatic heterocycles. The van der Waals surface area contributed by atoms with E-state index in [1.165, 1.54) is 6.07 Å². The predicted octanol–water partition coefficient (Wildman–Crippen LogP) is -0.0183. The van der Waals surface area contributed by atoms with Crippen LogP contribution >= 0.6 is 0 Å². The van der Waals surface area contributed by atoms with E-state index in [4.69, 9.17) is 5.14 Å². The van der Waals surface area contributed by atoms with Crippen molar-refractivity contribution in [2.45, 2.75) is 5.03 Å². The summed E-state index contributed by atoms with van der Waals surface area (Å²) in [5.41, 5.74) is 0.562. The second kappa shape index (κ2) is 2.54. The van der Waals surface area contributed by atoms with Gasteiger partial charge < -0.3 is 4.40 Å². The van der Waals surface area contributed by atoms with Gasteiger partial charge in [-0.05, 0) is 18.2 Å². The zero-order valence-electron chi connectivity index (χ0n) is 6.58. The zero-order valence-corrected chi connectivity index (χ0v) is 7.40. The van der Waals surface area contributed by atoms with Crippen molar-refractivity contribution in [2.24, 2.45) is 5.14 Å². The number of nitrogens with zero attached hydrogens (tertiary/aromatic N) is 2. The molecule has 2 N–H and O–H groups in total. The van der Waals surface area contributed by atoms with Gasteiger partial charge in [-0.2, -0.15) is 0 Å². The Labute approximate surface area is 74.9 Å². The molecule has 0 saturated heterocycles. The van der Waals surface area contributed by atoms with Gasteiger partial charge in [0.25, 0.3) is 10.0 Å². The highest BCUT2D eigenvalue weighted by molar-refractivity contribution is 7.89. The molecule has 2 rings (SSSR count). The molecule has 2 heterocycles. The summed E-state index contributed by atoms with van der Waals surface area (Å²) < 4.78 is 23.5. The van der Waals surface area contributed by atoms with Gasteiger partial charge in [0, 0.05) is 12.4 Å². The van der Waals surface area contributed by atoms with E-state index in [2.05, 4.69) is 4.98 Å². The van der Waals surface area contributed by atoms with E-state index in [1.807, 2.05) is 0 Å². The van der Waals surface area contributed by atoms with Crippen molar-refractivity contribution in [3.8, 4) is 0 Å². The quantitative estimate of drug-likeness (QED) is 0.653. The summed E-state index contributed by atoms with van der Waals surface area (Å²) in [7, 11) is -3.70. The average molecular weight is 197 g/mol. The lowest BCUT2D eigenvalue weighted by atomic mass is 10.6. The Balaban J connectivity index is 2.75. The molecule has 0 spiro atoms. The van der Waals surface area contributed by atoms with Crippen molar-refractivity contribution >= 4 is 15.7 Å². The molecule has 0 aromatic carbocycles. The molecular formula is C7H7N3O2S. The van der Waals surface area contributed by atoms with E-state index in [0.29, 0.717) is 5.65 Å². The summed E-state index contributed by atoms with van der Waals surface area (Å²) in [6.07, 6.45) is 3.37. The van der Waals surface area contributed by atoms with Crippen LogP contribution in [0.5, 0.6) is 0 Å². The van der Waals surface area contributed by atoms with Crippen LogP contribution in [0.4, 0.5) is 0 Å². The van der Waals surface area contributed by atoms with E-state index in [0.717, 1.165) is 0 Å². The van der Waals surface area contributed by atoms with Crippen LogP contribution in [0.3, 0.4) is 0 Å². The number of hydrogen-bond acceptors (Lipinski definition) is 3. The van der Waals surface area contributed by atoms with Crippen LogP contribution in [-0.2, 0) is 10.0 Å². The smallest absolute Gasteiger partial charge is 0.255 e. The lowest BCUT2D eigenvalue weighted by molar-refractivity contribution is 0.594. The maximum atomic E-state index is 10.9. The van der Waals surface area contributed by atoms with Crippen LogP contribution in [-0.4, -0.2) is 17.8 Å². The normalized spacial score (nSPS) is 12.1. The number of primary sulfonamides is 1. The van der Waals surface area contributed by atoms with Crippen molar-refractivity contribution in [3.05, 3.63) is 30.6 Å². The van der Waals surface area contributed by atoms with E-state index in [1.54, 1.807) is 28.9 Å². The van der Waals surface area contributed by atoms with Gasteiger partial charge in [-0.15, -0.1) is 0 Å². The van der Waals surface area contributed by atoms with Gasteiger partial charge in [-0.3, -0.25) is 0 Å². The first-order valence-electron chi connectivity index (χ1n) is 3.54. The summed E-state index contributed by atoms with van der Waals surface area (Å²) in [6.45, 7) is 0. The molecule has 0 amide bonds. The first-order chi connectivity index (χ1) is 6.07. The van der Waals surface area contributed by atoms with Gasteiger partial charge in [0.2, 0.25) is 0 Å². The highest BCUT2D eigenvalue weighted by Gasteiger charge is 2.09. The van der Waals surface area contributed by atoms with Crippen molar-refractivity contribution in [1.82, 2.24) is 9.38 Å². The van der Waals surface area contributed by atoms with Crippen molar-refractivity contribution in [2.75, 3.05) is 0 Å². The molecule has 5 nitrogen and oxygen atoms in total. The van der Waals surface area contributed by atoms with E-state index >= 15 is 0 Å². The van der Waals surface area contributed by atoms with E-state index < -0.39 is 10.0 Å². The third-order valence-electron chi connectivity index (χ3n) is 1.65. The third kappa shape index (κ3) is 1.41. The standard InChI is InChI=1S/C7H7N3O2S/c8-13(11,12)7-3-5-10-4-1-2-6(10)9-7/h1-5H,(H2,8,11,12). The van der Waals surface area contributed by atoms with E-state index in [9.17, 15) is 8.42 Å². The minimum Gasteiger partial charge on any atom is -0.309 e. The molecule has 0 bridgehead atoms. The number of hydrogen-bond donors (Lipinski definition) is 1. The van der Waals surface area contributed by atoms with Crippen LogP contribution in [0.1, 0.15) is 0 Å². The summed E-state index contributed by atoms with van der Waals surface area (Å²) in [6, 6.07) is 4.84. The Morgan fingerprint density at radius 1 is 1.31 bits per heavy atom. The second-order valence-electron chi connectivity index (χ2n) is 2.58. The summed E-state index contributed by atoms with van der Waals surface area (Å²) in [5.74, 6) is 0. The third-order valence-corrected chi connectivity index (χ3v) is 2.46. The Kier molecular flexibility index (Phi) is 1.61. The summed E-state index contributed by atoms with van der Waals surface area (Å²) in [4.78, 5) is 3.86. The molecule has 0 atom stereocenters. The highest BCUT2D eigenvalue weighted by atomic mass is 32.2. The van der Waals surface area contributed by atoms with Gasteiger partial charge in [0.05, 0.1) is 0 Å². The largest absolute Gasteiger partial charge is 0.309 e. The Hall–Kier alpha value is -1.40. The molecule has 0 aliphatic heterocycles. The molecule has 0 aliphatic rings. The molecule has 13 heavy (non-hydrogen) atoms. The Morgan fingerprint density at radius 3 is 2.77 bits per heavy atom. The minimum atomic E-state index is -3.70. The van der Waals surface area contributed by atoms with Crippen LogP contribution in [0.2, 0.25) is 0 Å². The SMILES string of the molecule is NS(=O)(=O)c1ccn2cccc2n1. The van der Waals surface area contributed by atoms with Crippen LogP contribution < -0.4 is 5.14 Å². The van der Waals surface area contributed by atoms with Crippen LogP contribution in [0, 0.1) is 0 Å². The van der Waals surface area contributed by atoms with Gasteiger partial charge in [-0.1, -0.05) is 0 Å². The fourth-order valence-corrected chi connectivity index (χ4v) is 1.53. The number of rotatable bonds is 1. The molecule has 0 saturated carbocycles. The van der Waals surface area contributed by atoms with Crippen LogP contribution in [0.25, 0.3) is 5.65 Å². The zero-order chi connectivity index (χ0) is 9.47. The summed E-state index contributed by atoms with van der Waals surface area (Å²) >= 11 is 0. The molecule has 0 radical (unpaired) electrons. The Bertz CT molecular complexity index is 544. The van der Waals surface area contributed by atoms with Gasteiger partial charge in [-0.25, -0.2) is 18.5 Å². The molecule has 68 valence electrons. The van der Waals surface area contributed by atoms with E-state index in [-0.39, 0.29) is 5.03 Å². The van der Waals surface area contributed by atoms with Crippen molar-refractivity contribution in [1.29, 1.82) is 0 Å². The minimum absolute atomic E-state index is 0.112. The molecule has 0 aliphatic carbocycles. The lowest BCUT2D eigenvalue weighted by Gasteiger charge is -1.97. The van der Waals surface area contributed by atoms with Crippen molar-refractivity contribution in [3.63, 3.8) is 0 Å². The fourth-order valence-electron chi connectivity index (χ4n) is 1.06. The molecule has 0 unspecified atom stereocenters. The molecule has 2 aromatic rings. The van der Waals surface area contributed by atoms with Gasteiger partial charge >= 0.3 is 0 Å². The first kappa shape index (κ1) is 8.21. The number of nitrogens with two attached hydrogens (primary N) is 1. The monoisotopic (exact) mass is 197 g/mol. The number of aromatic nitrogens is 2. The molecule has 6 heteroatoms. The highest BCUT2D eigenvalue weighted by Crippen LogP contribution is 2.06. The Morgan fingerprint density at radius 2 is 2.08 bits per heavy atom. The fraction of sp³-hybridized carbons (Fsp3) is 0. The van der Waals surface area contributed by atoms with Crippen LogP contribution in [0.15, 0.2) is 35.6 Å². The van der Waals surface area contributed by atoms with Crippen molar-refractivity contribution < 1.29 is 8.42 Å². The first-order valence-corrected chi connectivity index (χ1v) is 5.08. The van der Waals surface area contributed by atoms with Gasteiger partial charge in [0.1, 0.15) is 5.65 Å². The van der Waals surface area contributed by atoms with Gasteiger partial charge in [0.15, 0.2) is 5.03 Å². The topological polar surface area (TPSA) is 77.5 Å². The molecular weight excluding hydrogens is 190 g/mol. The maximum Gasteiger partial charge on any atom is 0.255 e.